The summed E-state index contributed by atoms with van der Waals surface area (Å²) in [6, 6.07) is 16.8. The average Bonchev–Trinajstić information content (AvgIpc) is 3.05. The zero-order valence-corrected chi connectivity index (χ0v) is 20.4. The molecule has 1 aliphatic heterocycles. The van der Waals surface area contributed by atoms with Crippen molar-refractivity contribution < 1.29 is 24.2 Å². The number of rotatable bonds is 4. The molecule has 1 aliphatic rings. The summed E-state index contributed by atoms with van der Waals surface area (Å²) in [5.74, 6) is -1.96. The van der Waals surface area contributed by atoms with E-state index >= 15 is 0 Å². The molecule has 1 fully saturated rings. The van der Waals surface area contributed by atoms with Crippen LogP contribution in [0, 0.1) is 27.7 Å². The first kappa shape index (κ1) is 24.0. The molecular formula is C29H27NO5. The van der Waals surface area contributed by atoms with E-state index in [0.717, 1.165) is 22.3 Å². The molecule has 3 aromatic carbocycles. The second-order valence-electron chi connectivity index (χ2n) is 8.98. The number of carbonyl (C=O) groups is 3. The summed E-state index contributed by atoms with van der Waals surface area (Å²) < 4.78 is 5.25. The number of anilines is 1. The van der Waals surface area contributed by atoms with Crippen LogP contribution in [0.3, 0.4) is 0 Å². The van der Waals surface area contributed by atoms with Gasteiger partial charge in [-0.1, -0.05) is 30.3 Å². The zero-order valence-electron chi connectivity index (χ0n) is 20.4. The van der Waals surface area contributed by atoms with Gasteiger partial charge in [-0.25, -0.2) is 0 Å². The van der Waals surface area contributed by atoms with Crippen molar-refractivity contribution in [3.8, 4) is 5.75 Å². The van der Waals surface area contributed by atoms with Crippen molar-refractivity contribution in [1.82, 2.24) is 0 Å². The molecule has 1 heterocycles. The zero-order chi connectivity index (χ0) is 25.4. The Labute approximate surface area is 204 Å². The monoisotopic (exact) mass is 469 g/mol. The van der Waals surface area contributed by atoms with Crippen LogP contribution in [-0.4, -0.2) is 22.8 Å². The predicted octanol–water partition coefficient (Wildman–Crippen LogP) is 5.47. The molecule has 0 aliphatic carbocycles. The molecule has 178 valence electrons. The van der Waals surface area contributed by atoms with Crippen LogP contribution in [0.25, 0.3) is 5.76 Å². The maximum Gasteiger partial charge on any atom is 0.308 e. The summed E-state index contributed by atoms with van der Waals surface area (Å²) >= 11 is 0. The molecule has 0 spiro atoms. The van der Waals surface area contributed by atoms with Crippen molar-refractivity contribution in [2.75, 3.05) is 4.90 Å². The minimum Gasteiger partial charge on any atom is -0.507 e. The molecule has 1 amide bonds. The Bertz CT molecular complexity index is 1380. The van der Waals surface area contributed by atoms with Gasteiger partial charge in [-0.15, -0.1) is 0 Å². The predicted molar refractivity (Wildman–Crippen MR) is 134 cm³/mol. The number of hydrogen-bond acceptors (Lipinski definition) is 5. The number of nitrogens with zero attached hydrogens (tertiary/aromatic N) is 1. The first-order valence-corrected chi connectivity index (χ1v) is 11.3. The lowest BCUT2D eigenvalue weighted by Gasteiger charge is -2.26. The fourth-order valence-corrected chi connectivity index (χ4v) is 4.46. The van der Waals surface area contributed by atoms with Gasteiger partial charge in [0.2, 0.25) is 0 Å². The third-order valence-corrected chi connectivity index (χ3v) is 6.14. The van der Waals surface area contributed by atoms with E-state index in [0.29, 0.717) is 16.8 Å². The standard InChI is InChI=1S/C29H27NO5/c1-16-11-17(2)13-23(12-16)30-26(21-7-6-8-24(15-21)35-20(5)31)25(28(33)29(30)34)27(32)22-10-9-18(3)19(4)14-22/h6-15,26,32H,1-5H3/b27-25-. The maximum absolute atomic E-state index is 13.4. The van der Waals surface area contributed by atoms with E-state index in [9.17, 15) is 19.5 Å². The largest absolute Gasteiger partial charge is 0.507 e. The van der Waals surface area contributed by atoms with Gasteiger partial charge in [-0.3, -0.25) is 19.3 Å². The number of aliphatic hydroxyl groups is 1. The molecular weight excluding hydrogens is 442 g/mol. The van der Waals surface area contributed by atoms with Crippen LogP contribution < -0.4 is 9.64 Å². The van der Waals surface area contributed by atoms with Crippen LogP contribution in [0.4, 0.5) is 5.69 Å². The summed E-state index contributed by atoms with van der Waals surface area (Å²) in [6.45, 7) is 9.00. The highest BCUT2D eigenvalue weighted by molar-refractivity contribution is 6.51. The molecule has 0 aromatic heterocycles. The van der Waals surface area contributed by atoms with E-state index in [1.54, 1.807) is 36.4 Å². The molecule has 0 bridgehead atoms. The fraction of sp³-hybridized carbons (Fsp3) is 0.207. The second-order valence-corrected chi connectivity index (χ2v) is 8.98. The minimum atomic E-state index is -0.909. The minimum absolute atomic E-state index is 0.0163. The number of benzene rings is 3. The van der Waals surface area contributed by atoms with Crippen LogP contribution in [0.5, 0.6) is 5.75 Å². The Morgan fingerprint density at radius 1 is 0.886 bits per heavy atom. The van der Waals surface area contributed by atoms with Crippen molar-refractivity contribution in [1.29, 1.82) is 0 Å². The lowest BCUT2D eigenvalue weighted by atomic mass is 9.94. The Kier molecular flexibility index (Phi) is 6.31. The van der Waals surface area contributed by atoms with Crippen LogP contribution in [-0.2, 0) is 14.4 Å². The van der Waals surface area contributed by atoms with E-state index in [2.05, 4.69) is 0 Å². The van der Waals surface area contributed by atoms with Gasteiger partial charge in [0, 0.05) is 18.2 Å². The van der Waals surface area contributed by atoms with E-state index < -0.39 is 23.7 Å². The van der Waals surface area contributed by atoms with E-state index in [4.69, 9.17) is 4.74 Å². The van der Waals surface area contributed by atoms with Gasteiger partial charge in [-0.2, -0.15) is 0 Å². The quantitative estimate of drug-likeness (QED) is 0.180. The molecule has 1 saturated heterocycles. The Balaban J connectivity index is 1.97. The Morgan fingerprint density at radius 2 is 1.57 bits per heavy atom. The molecule has 6 heteroatoms. The van der Waals surface area contributed by atoms with Crippen molar-refractivity contribution in [2.24, 2.45) is 0 Å². The van der Waals surface area contributed by atoms with Crippen LogP contribution in [0.1, 0.15) is 46.3 Å². The molecule has 35 heavy (non-hydrogen) atoms. The lowest BCUT2D eigenvalue weighted by Crippen LogP contribution is -2.29. The van der Waals surface area contributed by atoms with Crippen molar-refractivity contribution in [3.63, 3.8) is 0 Å². The van der Waals surface area contributed by atoms with Gasteiger partial charge >= 0.3 is 5.97 Å². The van der Waals surface area contributed by atoms with E-state index in [-0.39, 0.29) is 17.1 Å². The second kappa shape index (κ2) is 9.22. The van der Waals surface area contributed by atoms with Gasteiger partial charge in [0.15, 0.2) is 0 Å². The smallest absolute Gasteiger partial charge is 0.308 e. The van der Waals surface area contributed by atoms with Crippen LogP contribution >= 0.6 is 0 Å². The van der Waals surface area contributed by atoms with Gasteiger partial charge in [-0.05, 0) is 85.8 Å². The maximum atomic E-state index is 13.4. The average molecular weight is 470 g/mol. The number of Topliss-reactive ketones (excluding diaryl/α,β-unsaturated/α-hetero) is 1. The number of carbonyl (C=O) groups excluding carboxylic acids is 3. The van der Waals surface area contributed by atoms with Crippen molar-refractivity contribution >= 4 is 29.1 Å². The summed E-state index contributed by atoms with van der Waals surface area (Å²) in [7, 11) is 0. The van der Waals surface area contributed by atoms with Crippen LogP contribution in [0.2, 0.25) is 0 Å². The highest BCUT2D eigenvalue weighted by atomic mass is 16.5. The summed E-state index contributed by atoms with van der Waals surface area (Å²) in [5, 5.41) is 11.3. The molecule has 0 radical (unpaired) electrons. The summed E-state index contributed by atoms with van der Waals surface area (Å²) in [4.78, 5) is 39.7. The lowest BCUT2D eigenvalue weighted by molar-refractivity contribution is -0.132. The third kappa shape index (κ3) is 4.60. The van der Waals surface area contributed by atoms with E-state index in [1.807, 2.05) is 52.0 Å². The molecule has 4 rings (SSSR count). The van der Waals surface area contributed by atoms with Gasteiger partial charge < -0.3 is 9.84 Å². The Hall–Kier alpha value is -4.19. The normalized spacial score (nSPS) is 17.1. The molecule has 1 unspecified atom stereocenters. The summed E-state index contributed by atoms with van der Waals surface area (Å²) in [6.07, 6.45) is 0. The molecule has 1 N–H and O–H groups in total. The molecule has 1 atom stereocenters. The fourth-order valence-electron chi connectivity index (χ4n) is 4.46. The van der Waals surface area contributed by atoms with Gasteiger partial charge in [0.05, 0.1) is 11.6 Å². The van der Waals surface area contributed by atoms with Gasteiger partial charge in [0.25, 0.3) is 11.7 Å². The number of aryl methyl sites for hydroxylation is 4. The highest BCUT2D eigenvalue weighted by Crippen LogP contribution is 2.43. The molecule has 0 saturated carbocycles. The summed E-state index contributed by atoms with van der Waals surface area (Å²) in [5.41, 5.74) is 5.38. The number of ether oxygens (including phenoxy) is 1. The number of aliphatic hydroxyl groups excluding tert-OH is 1. The first-order chi connectivity index (χ1) is 16.6. The SMILES string of the molecule is CC(=O)Oc1cccc(C2/C(=C(/O)c3ccc(C)c(C)c3)C(=O)C(=O)N2c2cc(C)cc(C)c2)c1. The highest BCUT2D eigenvalue weighted by Gasteiger charge is 2.47. The first-order valence-electron chi connectivity index (χ1n) is 11.3. The third-order valence-electron chi connectivity index (χ3n) is 6.14. The Morgan fingerprint density at radius 3 is 2.20 bits per heavy atom. The molecule has 6 nitrogen and oxygen atoms in total. The number of hydrogen-bond donors (Lipinski definition) is 1. The van der Waals surface area contributed by atoms with E-state index in [1.165, 1.54) is 11.8 Å². The number of ketones is 1. The molecule has 3 aromatic rings. The number of esters is 1. The van der Waals surface area contributed by atoms with Crippen molar-refractivity contribution in [3.05, 3.63) is 99.6 Å². The van der Waals surface area contributed by atoms with Crippen molar-refractivity contribution in [2.45, 2.75) is 40.7 Å². The van der Waals surface area contributed by atoms with Gasteiger partial charge in [0.1, 0.15) is 11.5 Å². The topological polar surface area (TPSA) is 83.9 Å². The van der Waals surface area contributed by atoms with Crippen LogP contribution in [0.15, 0.2) is 66.2 Å². The number of amides is 1.